The van der Waals surface area contributed by atoms with Crippen LogP contribution in [0.1, 0.15) is 238 Å². The summed E-state index contributed by atoms with van der Waals surface area (Å²) in [6.07, 6.45) is 55.5. The largest absolute Gasteiger partial charge is 0.356 e. The molecule has 2 nitrogen and oxygen atoms in total. The molecule has 0 atom stereocenters. The van der Waals surface area contributed by atoms with Crippen LogP contribution < -0.4 is 0 Å². The van der Waals surface area contributed by atoms with E-state index in [9.17, 15) is 0 Å². The number of nitrogens with zero attached hydrogens (tertiary/aromatic N) is 2. The van der Waals surface area contributed by atoms with Crippen molar-refractivity contribution in [1.82, 2.24) is 9.80 Å². The second-order valence-corrected chi connectivity index (χ2v) is 16.3. The lowest BCUT2D eigenvalue weighted by molar-refractivity contribution is 0.148. The Morgan fingerprint density at radius 2 is 0.600 bits per heavy atom. The predicted octanol–water partition coefficient (Wildman–Crippen LogP) is 15.9. The SMILES string of the molecule is CCCCCCCCCCCCCCCCCCCN1C=CN(CCCCCCCCCCCCCCCCCCC)C1Cc1ccccc1. The zero-order valence-corrected chi connectivity index (χ0v) is 34.2. The molecule has 0 amide bonds. The maximum atomic E-state index is 2.66. The number of unbranched alkanes of at least 4 members (excludes halogenated alkanes) is 32. The zero-order valence-electron chi connectivity index (χ0n) is 34.2. The molecule has 1 aliphatic rings. The monoisotopic (exact) mass is 693 g/mol. The van der Waals surface area contributed by atoms with Gasteiger partial charge in [-0.25, -0.2) is 0 Å². The summed E-state index contributed by atoms with van der Waals surface area (Å²) in [7, 11) is 0. The molecule has 0 N–H and O–H groups in total. The summed E-state index contributed by atoms with van der Waals surface area (Å²) in [5.74, 6) is 0. The first-order valence-electron chi connectivity index (χ1n) is 23.1. The van der Waals surface area contributed by atoms with E-state index in [0.717, 1.165) is 6.42 Å². The van der Waals surface area contributed by atoms with Gasteiger partial charge in [-0.15, -0.1) is 0 Å². The van der Waals surface area contributed by atoms with Gasteiger partial charge in [-0.1, -0.05) is 250 Å². The smallest absolute Gasteiger partial charge is 0.105 e. The van der Waals surface area contributed by atoms with E-state index in [0.29, 0.717) is 6.17 Å². The summed E-state index contributed by atoms with van der Waals surface area (Å²) in [4.78, 5) is 5.32. The fourth-order valence-electron chi connectivity index (χ4n) is 8.11. The Labute approximate surface area is 315 Å². The van der Waals surface area contributed by atoms with E-state index in [2.05, 4.69) is 66.4 Å². The normalized spacial score (nSPS) is 13.3. The lowest BCUT2D eigenvalue weighted by Crippen LogP contribution is -2.41. The van der Waals surface area contributed by atoms with Crippen molar-refractivity contribution in [3.63, 3.8) is 0 Å². The molecule has 50 heavy (non-hydrogen) atoms. The third kappa shape index (κ3) is 25.5. The van der Waals surface area contributed by atoms with Crippen molar-refractivity contribution in [1.29, 1.82) is 0 Å². The second kappa shape index (κ2) is 34.6. The molecule has 1 aliphatic heterocycles. The van der Waals surface area contributed by atoms with E-state index in [1.54, 1.807) is 0 Å². The Bertz CT molecular complexity index is 786. The molecular weight excluding hydrogens is 605 g/mol. The molecule has 1 heterocycles. The first-order chi connectivity index (χ1) is 24.8. The summed E-state index contributed by atoms with van der Waals surface area (Å²) in [6.45, 7) is 7.04. The van der Waals surface area contributed by atoms with Gasteiger partial charge in [0.1, 0.15) is 6.17 Å². The average Bonchev–Trinajstić information content (AvgIpc) is 3.51. The molecule has 290 valence electrons. The molecule has 0 radical (unpaired) electrons. The van der Waals surface area contributed by atoms with Crippen LogP contribution in [0.3, 0.4) is 0 Å². The molecule has 0 unspecified atom stereocenters. The number of hydrogen-bond acceptors (Lipinski definition) is 2. The van der Waals surface area contributed by atoms with Crippen molar-refractivity contribution in [3.05, 3.63) is 48.3 Å². The van der Waals surface area contributed by atoms with E-state index in [4.69, 9.17) is 0 Å². The zero-order chi connectivity index (χ0) is 35.4. The van der Waals surface area contributed by atoms with Gasteiger partial charge < -0.3 is 9.80 Å². The number of benzene rings is 1. The topological polar surface area (TPSA) is 6.48 Å². The van der Waals surface area contributed by atoms with Crippen LogP contribution in [0.15, 0.2) is 42.7 Å². The minimum atomic E-state index is 0.500. The van der Waals surface area contributed by atoms with Crippen molar-refractivity contribution >= 4 is 0 Å². The van der Waals surface area contributed by atoms with E-state index in [1.807, 2.05) is 0 Å². The Kier molecular flexibility index (Phi) is 31.0. The summed E-state index contributed by atoms with van der Waals surface area (Å²) in [5.41, 5.74) is 1.47. The van der Waals surface area contributed by atoms with Gasteiger partial charge in [0.15, 0.2) is 0 Å². The highest BCUT2D eigenvalue weighted by molar-refractivity contribution is 5.17. The molecule has 0 bridgehead atoms. The van der Waals surface area contributed by atoms with Crippen molar-refractivity contribution in [2.24, 2.45) is 0 Å². The van der Waals surface area contributed by atoms with Crippen molar-refractivity contribution < 1.29 is 0 Å². The summed E-state index contributed by atoms with van der Waals surface area (Å²) < 4.78 is 0. The Balaban J connectivity index is 1.46. The number of hydrogen-bond donors (Lipinski definition) is 0. The van der Waals surface area contributed by atoms with Crippen LogP contribution >= 0.6 is 0 Å². The fourth-order valence-corrected chi connectivity index (χ4v) is 8.11. The van der Waals surface area contributed by atoms with Gasteiger partial charge in [-0.2, -0.15) is 0 Å². The highest BCUT2D eigenvalue weighted by Gasteiger charge is 2.25. The molecule has 0 fully saturated rings. The minimum Gasteiger partial charge on any atom is -0.356 e. The predicted molar refractivity (Wildman–Crippen MR) is 225 cm³/mol. The van der Waals surface area contributed by atoms with Gasteiger partial charge in [-0.3, -0.25) is 0 Å². The molecule has 0 saturated carbocycles. The molecule has 0 aliphatic carbocycles. The highest BCUT2D eigenvalue weighted by atomic mass is 15.4. The van der Waals surface area contributed by atoms with Crippen LogP contribution in [-0.4, -0.2) is 29.1 Å². The third-order valence-corrected chi connectivity index (χ3v) is 11.5. The molecule has 2 heteroatoms. The lowest BCUT2D eigenvalue weighted by atomic mass is 10.0. The van der Waals surface area contributed by atoms with Gasteiger partial charge in [0, 0.05) is 31.9 Å². The summed E-state index contributed by atoms with van der Waals surface area (Å²) in [6, 6.07) is 11.2. The Morgan fingerprint density at radius 1 is 0.340 bits per heavy atom. The van der Waals surface area contributed by atoms with Crippen molar-refractivity contribution in [2.45, 2.75) is 245 Å². The molecule has 0 spiro atoms. The maximum Gasteiger partial charge on any atom is 0.105 e. The molecule has 1 aromatic rings. The van der Waals surface area contributed by atoms with Gasteiger partial charge in [0.25, 0.3) is 0 Å². The van der Waals surface area contributed by atoms with Crippen molar-refractivity contribution in [3.8, 4) is 0 Å². The first kappa shape index (κ1) is 44.7. The minimum absolute atomic E-state index is 0.500. The molecule has 0 saturated heterocycles. The van der Waals surface area contributed by atoms with E-state index in [1.165, 1.54) is 237 Å². The van der Waals surface area contributed by atoms with Crippen LogP contribution in [0.5, 0.6) is 0 Å². The lowest BCUT2D eigenvalue weighted by Gasteiger charge is -2.33. The highest BCUT2D eigenvalue weighted by Crippen LogP contribution is 2.23. The standard InChI is InChI=1S/C48H88N2/c1-3-5-7-9-11-13-15-17-19-21-23-25-27-29-31-33-38-42-49-44-45-50(48(49)46-47-40-36-35-37-41-47)43-39-34-32-30-28-26-24-22-20-18-16-14-12-10-8-6-4-2/h35-37,40-41,44-45,48H,3-34,38-39,42-43,46H2,1-2H3. The van der Waals surface area contributed by atoms with Gasteiger partial charge in [-0.05, 0) is 18.4 Å². The van der Waals surface area contributed by atoms with E-state index >= 15 is 0 Å². The van der Waals surface area contributed by atoms with Crippen LogP contribution in [0, 0.1) is 0 Å². The molecular formula is C48H88N2. The van der Waals surface area contributed by atoms with Crippen molar-refractivity contribution in [2.75, 3.05) is 13.1 Å². The first-order valence-corrected chi connectivity index (χ1v) is 23.1. The molecule has 0 aromatic heterocycles. The quantitative estimate of drug-likeness (QED) is 0.0637. The van der Waals surface area contributed by atoms with Crippen LogP contribution in [0.2, 0.25) is 0 Å². The Morgan fingerprint density at radius 3 is 0.880 bits per heavy atom. The summed E-state index contributed by atoms with van der Waals surface area (Å²) in [5, 5.41) is 0. The van der Waals surface area contributed by atoms with Crippen LogP contribution in [-0.2, 0) is 6.42 Å². The van der Waals surface area contributed by atoms with E-state index < -0.39 is 0 Å². The van der Waals surface area contributed by atoms with Gasteiger partial charge in [0.05, 0.1) is 0 Å². The van der Waals surface area contributed by atoms with E-state index in [-0.39, 0.29) is 0 Å². The maximum absolute atomic E-state index is 2.66. The fraction of sp³-hybridized carbons (Fsp3) is 0.833. The molecule has 1 aromatic carbocycles. The average molecular weight is 693 g/mol. The van der Waals surface area contributed by atoms with Crippen LogP contribution in [0.4, 0.5) is 0 Å². The number of rotatable bonds is 38. The van der Waals surface area contributed by atoms with Gasteiger partial charge in [0.2, 0.25) is 0 Å². The second-order valence-electron chi connectivity index (χ2n) is 16.3. The summed E-state index contributed by atoms with van der Waals surface area (Å²) >= 11 is 0. The van der Waals surface area contributed by atoms with Gasteiger partial charge >= 0.3 is 0 Å². The Hall–Kier alpha value is -1.44. The third-order valence-electron chi connectivity index (χ3n) is 11.5. The molecule has 2 rings (SSSR count). The van der Waals surface area contributed by atoms with Crippen LogP contribution in [0.25, 0.3) is 0 Å².